The van der Waals surface area contributed by atoms with Gasteiger partial charge in [0.15, 0.2) is 17.5 Å². The highest BCUT2D eigenvalue weighted by Gasteiger charge is 2.41. The molecule has 2 aliphatic heterocycles. The first-order valence-corrected chi connectivity index (χ1v) is 13.3. The molecule has 0 spiro atoms. The largest absolute Gasteiger partial charge is 0.337 e. The lowest BCUT2D eigenvalue weighted by molar-refractivity contribution is 0.815. The van der Waals surface area contributed by atoms with Crippen molar-refractivity contribution in [2.24, 2.45) is 9.98 Å². The third-order valence-electron chi connectivity index (χ3n) is 6.84. The third kappa shape index (κ3) is 3.74. The number of aliphatic imine (C=N–C) groups is 2. The number of hydrogen-bond acceptors (Lipinski definition) is 5. The molecule has 0 radical (unpaired) electrons. The minimum atomic E-state index is -0.156. The first-order chi connectivity index (χ1) is 18.7. The van der Waals surface area contributed by atoms with Gasteiger partial charge in [0.2, 0.25) is 0 Å². The van der Waals surface area contributed by atoms with Crippen LogP contribution in [0, 0.1) is 6.92 Å². The predicted octanol–water partition coefficient (Wildman–Crippen LogP) is 7.74. The second-order valence-corrected chi connectivity index (χ2v) is 10.2. The highest BCUT2D eigenvalue weighted by atomic mass is 79.9. The number of para-hydroxylation sites is 4. The van der Waals surface area contributed by atoms with Gasteiger partial charge in [0.1, 0.15) is 0 Å². The molecule has 38 heavy (non-hydrogen) atoms. The van der Waals surface area contributed by atoms with Gasteiger partial charge in [-0.2, -0.15) is 5.10 Å². The number of halogens is 1. The predicted molar refractivity (Wildman–Crippen MR) is 157 cm³/mol. The van der Waals surface area contributed by atoms with Crippen LogP contribution in [-0.4, -0.2) is 21.5 Å². The maximum atomic E-state index is 5.28. The van der Waals surface area contributed by atoms with Crippen molar-refractivity contribution < 1.29 is 0 Å². The summed E-state index contributed by atoms with van der Waals surface area (Å²) in [6.45, 7) is 2.07. The van der Waals surface area contributed by atoms with Crippen molar-refractivity contribution in [2.45, 2.75) is 13.0 Å². The van der Waals surface area contributed by atoms with Crippen LogP contribution in [0.2, 0.25) is 0 Å². The Morgan fingerprint density at radius 1 is 0.789 bits per heavy atom. The summed E-state index contributed by atoms with van der Waals surface area (Å²) in [7, 11) is 0. The average molecular weight is 559 g/mol. The maximum Gasteiger partial charge on any atom is 0.179 e. The Morgan fingerprint density at radius 3 is 2.32 bits per heavy atom. The monoisotopic (exact) mass is 558 g/mol. The molecule has 0 fully saturated rings. The molecule has 1 unspecified atom stereocenters. The molecule has 0 aliphatic carbocycles. The van der Waals surface area contributed by atoms with Gasteiger partial charge in [-0.25, -0.2) is 14.7 Å². The lowest BCUT2D eigenvalue weighted by atomic mass is 9.93. The number of nitrogens with zero attached hydrogens (tertiary/aromatic N) is 5. The molecule has 7 heteroatoms. The number of benzene rings is 4. The van der Waals surface area contributed by atoms with E-state index in [2.05, 4.69) is 81.6 Å². The van der Waals surface area contributed by atoms with E-state index in [9.17, 15) is 0 Å². The van der Waals surface area contributed by atoms with Gasteiger partial charge >= 0.3 is 0 Å². The molecule has 1 atom stereocenters. The number of nitrogens with one attached hydrogen (secondary N) is 1. The van der Waals surface area contributed by atoms with Gasteiger partial charge in [0, 0.05) is 15.7 Å². The van der Waals surface area contributed by atoms with E-state index >= 15 is 0 Å². The second kappa shape index (κ2) is 9.11. The highest BCUT2D eigenvalue weighted by molar-refractivity contribution is 9.10. The summed E-state index contributed by atoms with van der Waals surface area (Å²) in [6, 6.07) is 36.8. The lowest BCUT2D eigenvalue weighted by Crippen LogP contribution is -2.46. The molecular formula is C31H23BrN6. The molecule has 5 aromatic rings. The number of amidine groups is 2. The normalized spacial score (nSPS) is 15.6. The van der Waals surface area contributed by atoms with Crippen LogP contribution in [0.3, 0.4) is 0 Å². The number of rotatable bonds is 3. The van der Waals surface area contributed by atoms with Crippen molar-refractivity contribution in [3.8, 4) is 5.69 Å². The van der Waals surface area contributed by atoms with Crippen LogP contribution < -0.4 is 10.2 Å². The molecule has 3 heterocycles. The van der Waals surface area contributed by atoms with E-state index in [0.29, 0.717) is 5.84 Å². The molecule has 0 saturated carbocycles. The van der Waals surface area contributed by atoms with Gasteiger partial charge < -0.3 is 10.2 Å². The van der Waals surface area contributed by atoms with E-state index in [-0.39, 0.29) is 6.04 Å². The minimum absolute atomic E-state index is 0.156. The lowest BCUT2D eigenvalue weighted by Gasteiger charge is -2.40. The van der Waals surface area contributed by atoms with Crippen LogP contribution in [0.4, 0.5) is 22.9 Å². The number of anilines is 2. The smallest absolute Gasteiger partial charge is 0.179 e. The Hall–Kier alpha value is -4.49. The Bertz CT molecular complexity index is 1720. The van der Waals surface area contributed by atoms with E-state index in [1.54, 1.807) is 0 Å². The summed E-state index contributed by atoms with van der Waals surface area (Å²) in [4.78, 5) is 12.6. The second-order valence-electron chi connectivity index (χ2n) is 9.27. The Labute approximate surface area is 229 Å². The summed E-state index contributed by atoms with van der Waals surface area (Å²) in [5, 5.41) is 8.53. The summed E-state index contributed by atoms with van der Waals surface area (Å²) in [5.74, 6) is 2.26. The van der Waals surface area contributed by atoms with Gasteiger partial charge in [-0.15, -0.1) is 0 Å². The molecule has 7 rings (SSSR count). The van der Waals surface area contributed by atoms with E-state index < -0.39 is 0 Å². The fraction of sp³-hybridized carbons (Fsp3) is 0.0645. The molecule has 6 nitrogen and oxygen atoms in total. The highest BCUT2D eigenvalue weighted by Crippen LogP contribution is 2.48. The van der Waals surface area contributed by atoms with Gasteiger partial charge in [0.25, 0.3) is 0 Å². The van der Waals surface area contributed by atoms with Crippen molar-refractivity contribution in [2.75, 3.05) is 10.2 Å². The van der Waals surface area contributed by atoms with Gasteiger partial charge in [0.05, 0.1) is 28.8 Å². The quantitative estimate of drug-likeness (QED) is 0.246. The summed E-state index contributed by atoms with van der Waals surface area (Å²) in [5.41, 5.74) is 6.97. The van der Waals surface area contributed by atoms with Crippen LogP contribution in [0.1, 0.15) is 22.9 Å². The zero-order valence-electron chi connectivity index (χ0n) is 20.6. The minimum Gasteiger partial charge on any atom is -0.337 e. The molecule has 1 N–H and O–H groups in total. The Balaban J connectivity index is 1.51. The van der Waals surface area contributed by atoms with E-state index in [0.717, 1.165) is 55.7 Å². The molecule has 4 aromatic carbocycles. The summed E-state index contributed by atoms with van der Waals surface area (Å²) in [6.07, 6.45) is 0. The first-order valence-electron chi connectivity index (χ1n) is 12.5. The first kappa shape index (κ1) is 22.7. The Kier molecular flexibility index (Phi) is 5.44. The fourth-order valence-electron chi connectivity index (χ4n) is 5.20. The van der Waals surface area contributed by atoms with Gasteiger partial charge in [-0.1, -0.05) is 76.6 Å². The van der Waals surface area contributed by atoms with Gasteiger partial charge in [-0.3, -0.25) is 0 Å². The van der Waals surface area contributed by atoms with Crippen LogP contribution in [0.5, 0.6) is 0 Å². The van der Waals surface area contributed by atoms with Crippen LogP contribution >= 0.6 is 15.9 Å². The van der Waals surface area contributed by atoms with Crippen molar-refractivity contribution in [1.82, 2.24) is 9.78 Å². The van der Waals surface area contributed by atoms with E-state index in [4.69, 9.17) is 15.1 Å². The topological polar surface area (TPSA) is 57.8 Å². The van der Waals surface area contributed by atoms with Crippen LogP contribution in [0.15, 0.2) is 124 Å². The average Bonchev–Trinajstić information content (AvgIpc) is 3.29. The SMILES string of the molecule is Cc1nn(-c2ccccc2)c2c1C(c1cccc(Br)c1)N1C(=N2)C(Nc2ccccc2)=Nc2ccccc21. The van der Waals surface area contributed by atoms with E-state index in [1.165, 1.54) is 0 Å². The summed E-state index contributed by atoms with van der Waals surface area (Å²) < 4.78 is 2.97. The summed E-state index contributed by atoms with van der Waals surface area (Å²) >= 11 is 3.70. The van der Waals surface area contributed by atoms with Crippen LogP contribution in [-0.2, 0) is 0 Å². The molecule has 0 amide bonds. The van der Waals surface area contributed by atoms with Crippen molar-refractivity contribution in [3.63, 3.8) is 0 Å². The molecule has 0 saturated heterocycles. The van der Waals surface area contributed by atoms with E-state index in [1.807, 2.05) is 65.3 Å². The molecule has 1 aromatic heterocycles. The Morgan fingerprint density at radius 2 is 1.53 bits per heavy atom. The number of aromatic nitrogens is 2. The van der Waals surface area contributed by atoms with Crippen LogP contribution in [0.25, 0.3) is 5.69 Å². The number of hydrogen-bond donors (Lipinski definition) is 1. The molecular weight excluding hydrogens is 536 g/mol. The molecule has 0 bridgehead atoms. The fourth-order valence-corrected chi connectivity index (χ4v) is 5.61. The third-order valence-corrected chi connectivity index (χ3v) is 7.33. The van der Waals surface area contributed by atoms with Crippen molar-refractivity contribution in [1.29, 1.82) is 0 Å². The standard InChI is InChI=1S/C31H23BrN6/c1-20-27-28(21-11-10-12-22(32)19-21)37-26-18-9-8-17-25(26)34-29(33-23-13-4-2-5-14-23)31(37)35-30(27)38(36-20)24-15-6-3-7-16-24/h2-19,28H,1H3,(H,33,34). The zero-order chi connectivity index (χ0) is 25.6. The van der Waals surface area contributed by atoms with Crippen molar-refractivity contribution in [3.05, 3.63) is 130 Å². The molecule has 184 valence electrons. The zero-order valence-corrected chi connectivity index (χ0v) is 22.2. The van der Waals surface area contributed by atoms with Gasteiger partial charge in [-0.05, 0) is 61.0 Å². The molecule has 2 aliphatic rings. The number of fused-ring (bicyclic) bond motifs is 4. The van der Waals surface area contributed by atoms with Crippen molar-refractivity contribution >= 4 is 50.5 Å². The number of aryl methyl sites for hydroxylation is 1. The maximum absolute atomic E-state index is 5.28.